The maximum atomic E-state index is 10.9. The number of pyridine rings is 1. The molecule has 4 rings (SSSR count). The topological polar surface area (TPSA) is 36.4 Å². The lowest BCUT2D eigenvalue weighted by Gasteiger charge is -2.32. The molecule has 0 bridgehead atoms. The molecule has 4 nitrogen and oxygen atoms in total. The summed E-state index contributed by atoms with van der Waals surface area (Å²) in [6, 6.07) is 13.6. The number of fused-ring (bicyclic) bond motifs is 1. The Morgan fingerprint density at radius 2 is 1.91 bits per heavy atom. The van der Waals surface area contributed by atoms with Gasteiger partial charge in [-0.15, -0.1) is 6.58 Å². The molecule has 1 unspecified atom stereocenters. The third-order valence-electron chi connectivity index (χ3n) is 7.31. The van der Waals surface area contributed by atoms with E-state index < -0.39 is 0 Å². The summed E-state index contributed by atoms with van der Waals surface area (Å²) in [5.41, 5.74) is 7.51. The molecule has 3 heterocycles. The predicted molar refractivity (Wildman–Crippen MR) is 140 cm³/mol. The van der Waals surface area contributed by atoms with Crippen LogP contribution in [0.5, 0.6) is 0 Å². The van der Waals surface area contributed by atoms with Gasteiger partial charge in [0.25, 0.3) is 0 Å². The first-order valence-corrected chi connectivity index (χ1v) is 12.8. The number of carbonyl (C=O) groups is 1. The maximum Gasteiger partial charge on any atom is 0.120 e. The Morgan fingerprint density at radius 3 is 2.62 bits per heavy atom. The number of likely N-dealkylation sites (tertiary alicyclic amines) is 1. The van der Waals surface area contributed by atoms with E-state index in [4.69, 9.17) is 4.98 Å². The number of rotatable bonds is 10. The zero-order chi connectivity index (χ0) is 24.1. The summed E-state index contributed by atoms with van der Waals surface area (Å²) in [6.07, 6.45) is 7.70. The van der Waals surface area contributed by atoms with Gasteiger partial charge in [0.1, 0.15) is 6.29 Å². The monoisotopic (exact) mass is 457 g/mol. The fourth-order valence-corrected chi connectivity index (χ4v) is 5.47. The molecule has 1 saturated heterocycles. The molecule has 1 fully saturated rings. The molecular formula is C30H39N3O. The van der Waals surface area contributed by atoms with Gasteiger partial charge in [-0.05, 0) is 73.9 Å². The first-order chi connectivity index (χ1) is 16.5. The summed E-state index contributed by atoms with van der Waals surface area (Å²) in [4.78, 5) is 20.6. The van der Waals surface area contributed by atoms with Crippen LogP contribution in [0.1, 0.15) is 73.5 Å². The summed E-state index contributed by atoms with van der Waals surface area (Å²) in [5.74, 6) is 1.24. The van der Waals surface area contributed by atoms with E-state index in [-0.39, 0.29) is 6.04 Å². The van der Waals surface area contributed by atoms with Crippen molar-refractivity contribution < 1.29 is 4.79 Å². The number of aldehydes is 1. The van der Waals surface area contributed by atoms with Gasteiger partial charge in [-0.25, -0.2) is 0 Å². The van der Waals surface area contributed by atoms with Gasteiger partial charge in [0.15, 0.2) is 0 Å². The molecule has 0 aliphatic carbocycles. The number of aromatic nitrogens is 1. The van der Waals surface area contributed by atoms with Crippen LogP contribution in [0.15, 0.2) is 55.6 Å². The summed E-state index contributed by atoms with van der Waals surface area (Å²) >= 11 is 0. The van der Waals surface area contributed by atoms with E-state index in [1.54, 1.807) is 0 Å². The number of hydrogen-bond acceptors (Lipinski definition) is 4. The normalized spacial score (nSPS) is 17.7. The van der Waals surface area contributed by atoms with Crippen LogP contribution in [-0.2, 0) is 24.3 Å². The number of piperidine rings is 1. The molecule has 34 heavy (non-hydrogen) atoms. The minimum atomic E-state index is 0.157. The summed E-state index contributed by atoms with van der Waals surface area (Å²) in [6.45, 7) is 16.9. The molecular weight excluding hydrogens is 418 g/mol. The molecule has 1 aromatic carbocycles. The highest BCUT2D eigenvalue weighted by atomic mass is 16.1. The van der Waals surface area contributed by atoms with Crippen molar-refractivity contribution in [2.45, 2.75) is 71.0 Å². The second kappa shape index (κ2) is 11.1. The van der Waals surface area contributed by atoms with Gasteiger partial charge < -0.3 is 9.69 Å². The molecule has 4 heteroatoms. The lowest BCUT2D eigenvalue weighted by atomic mass is 9.87. The first kappa shape index (κ1) is 24.4. The van der Waals surface area contributed by atoms with E-state index in [1.165, 1.54) is 40.9 Å². The van der Waals surface area contributed by atoms with E-state index in [1.807, 2.05) is 6.08 Å². The van der Waals surface area contributed by atoms with Crippen LogP contribution in [0.3, 0.4) is 0 Å². The van der Waals surface area contributed by atoms with Crippen LogP contribution in [0, 0.1) is 5.92 Å². The molecule has 1 atom stereocenters. The SMILES string of the molecule is C=CC(CCC=O)N1Cc2cc(C3CCN(Cc4cccc(CC(C)C)n4)CC3)ccc2C1=C. The summed E-state index contributed by atoms with van der Waals surface area (Å²) < 4.78 is 0. The highest BCUT2D eigenvalue weighted by molar-refractivity contribution is 5.70. The highest BCUT2D eigenvalue weighted by Gasteiger charge is 2.28. The van der Waals surface area contributed by atoms with Gasteiger partial charge in [-0.2, -0.15) is 0 Å². The van der Waals surface area contributed by atoms with Gasteiger partial charge in [0.05, 0.1) is 5.69 Å². The lowest BCUT2D eigenvalue weighted by molar-refractivity contribution is -0.108. The van der Waals surface area contributed by atoms with Gasteiger partial charge in [0, 0.05) is 42.5 Å². The van der Waals surface area contributed by atoms with Crippen molar-refractivity contribution in [3.8, 4) is 0 Å². The maximum absolute atomic E-state index is 10.9. The second-order valence-electron chi connectivity index (χ2n) is 10.3. The zero-order valence-corrected chi connectivity index (χ0v) is 20.9. The molecule has 0 N–H and O–H groups in total. The quantitative estimate of drug-likeness (QED) is 0.325. The van der Waals surface area contributed by atoms with Crippen molar-refractivity contribution in [1.82, 2.24) is 14.8 Å². The average Bonchev–Trinajstić information content (AvgIpc) is 3.15. The zero-order valence-electron chi connectivity index (χ0n) is 20.9. The molecule has 1 aromatic heterocycles. The van der Waals surface area contributed by atoms with E-state index in [2.05, 4.69) is 73.2 Å². The molecule has 0 amide bonds. The van der Waals surface area contributed by atoms with E-state index in [0.717, 1.165) is 51.0 Å². The minimum Gasteiger partial charge on any atom is -0.361 e. The van der Waals surface area contributed by atoms with Crippen LogP contribution in [-0.4, -0.2) is 40.2 Å². The van der Waals surface area contributed by atoms with Crippen LogP contribution >= 0.6 is 0 Å². The molecule has 0 radical (unpaired) electrons. The van der Waals surface area contributed by atoms with Gasteiger partial charge in [-0.1, -0.05) is 50.8 Å². The number of nitrogens with zero attached hydrogens (tertiary/aromatic N) is 3. The largest absolute Gasteiger partial charge is 0.361 e. The van der Waals surface area contributed by atoms with Crippen molar-refractivity contribution in [2.75, 3.05) is 13.1 Å². The molecule has 0 saturated carbocycles. The van der Waals surface area contributed by atoms with Crippen molar-refractivity contribution in [1.29, 1.82) is 0 Å². The molecule has 2 aliphatic rings. The molecule has 2 aromatic rings. The van der Waals surface area contributed by atoms with E-state index in [0.29, 0.717) is 18.3 Å². The Labute approximate surface area is 205 Å². The van der Waals surface area contributed by atoms with Crippen LogP contribution < -0.4 is 0 Å². The van der Waals surface area contributed by atoms with Crippen LogP contribution in [0.4, 0.5) is 0 Å². The molecule has 180 valence electrons. The van der Waals surface area contributed by atoms with Crippen molar-refractivity contribution in [3.63, 3.8) is 0 Å². The Kier molecular flexibility index (Phi) is 7.99. The number of hydrogen-bond donors (Lipinski definition) is 0. The smallest absolute Gasteiger partial charge is 0.120 e. The van der Waals surface area contributed by atoms with Gasteiger partial charge in [0.2, 0.25) is 0 Å². The standard InChI is InChI=1S/C30H39N3O/c1-5-29(10-7-17-34)33-20-26-19-25(11-12-30(26)23(33)4)24-13-15-32(16-14-24)21-28-9-6-8-27(31-28)18-22(2)3/h5-6,8-9,11-12,17,19,22,24,29H,1,4,7,10,13-16,18,20-21H2,2-3H3. The Bertz CT molecular complexity index is 1020. The predicted octanol–water partition coefficient (Wildman–Crippen LogP) is 5.98. The number of carbonyl (C=O) groups excluding carboxylic acids is 1. The summed E-state index contributed by atoms with van der Waals surface area (Å²) in [5, 5.41) is 0. The third-order valence-corrected chi connectivity index (χ3v) is 7.31. The van der Waals surface area contributed by atoms with E-state index in [9.17, 15) is 4.79 Å². The van der Waals surface area contributed by atoms with Crippen LogP contribution in [0.25, 0.3) is 5.70 Å². The Morgan fingerprint density at radius 1 is 1.15 bits per heavy atom. The van der Waals surface area contributed by atoms with Gasteiger partial charge >= 0.3 is 0 Å². The van der Waals surface area contributed by atoms with E-state index >= 15 is 0 Å². The van der Waals surface area contributed by atoms with Crippen LogP contribution in [0.2, 0.25) is 0 Å². The molecule has 2 aliphatic heterocycles. The fourth-order valence-electron chi connectivity index (χ4n) is 5.47. The Hall–Kier alpha value is -2.72. The summed E-state index contributed by atoms with van der Waals surface area (Å²) in [7, 11) is 0. The second-order valence-corrected chi connectivity index (χ2v) is 10.3. The van der Waals surface area contributed by atoms with Crippen molar-refractivity contribution in [3.05, 3.63) is 83.7 Å². The third kappa shape index (κ3) is 5.67. The molecule has 0 spiro atoms. The average molecular weight is 458 g/mol. The highest BCUT2D eigenvalue weighted by Crippen LogP contribution is 2.38. The van der Waals surface area contributed by atoms with Gasteiger partial charge in [-0.3, -0.25) is 9.88 Å². The lowest BCUT2D eigenvalue weighted by Crippen LogP contribution is -2.32. The van der Waals surface area contributed by atoms with Crippen molar-refractivity contribution in [2.24, 2.45) is 5.92 Å². The fraction of sp³-hybridized carbons (Fsp3) is 0.467. The Balaban J connectivity index is 1.35. The first-order valence-electron chi connectivity index (χ1n) is 12.8. The minimum absolute atomic E-state index is 0.157. The number of benzene rings is 1. The van der Waals surface area contributed by atoms with Crippen molar-refractivity contribution >= 4 is 12.0 Å².